The molecule has 1 aromatic carbocycles. The Morgan fingerprint density at radius 2 is 2.14 bits per heavy atom. The maximum Gasteiger partial charge on any atom is 0.262 e. The van der Waals surface area contributed by atoms with E-state index in [0.29, 0.717) is 17.1 Å². The molecule has 0 atom stereocenters. The van der Waals surface area contributed by atoms with Crippen LogP contribution in [0.1, 0.15) is 5.69 Å². The van der Waals surface area contributed by atoms with Crippen molar-refractivity contribution in [3.8, 4) is 5.75 Å². The first kappa shape index (κ1) is 14.0. The van der Waals surface area contributed by atoms with Gasteiger partial charge in [0.1, 0.15) is 11.6 Å². The molecule has 0 saturated carbocycles. The van der Waals surface area contributed by atoms with Gasteiger partial charge in [0, 0.05) is 11.1 Å². The number of pyridine rings is 1. The summed E-state index contributed by atoms with van der Waals surface area (Å²) < 4.78 is 18.0. The quantitative estimate of drug-likeness (QED) is 0.775. The number of aryl methyl sites for hydroxylation is 1. The van der Waals surface area contributed by atoms with Crippen LogP contribution in [0.5, 0.6) is 5.75 Å². The van der Waals surface area contributed by atoms with Gasteiger partial charge in [0.15, 0.2) is 12.3 Å². The minimum Gasteiger partial charge on any atom is -0.484 e. The SMILES string of the molecule is Cc1[nH]nc2ncc(NC(=O)COc3ccc(F)cc3)cc12. The number of halogens is 1. The number of amides is 1. The van der Waals surface area contributed by atoms with Gasteiger partial charge in [-0.25, -0.2) is 9.37 Å². The van der Waals surface area contributed by atoms with Crippen molar-refractivity contribution in [1.82, 2.24) is 15.2 Å². The molecule has 0 spiro atoms. The largest absolute Gasteiger partial charge is 0.484 e. The number of nitrogens with zero attached hydrogens (tertiary/aromatic N) is 2. The van der Waals surface area contributed by atoms with Crippen LogP contribution in [0.4, 0.5) is 10.1 Å². The standard InChI is InChI=1S/C15H13FN4O2/c1-9-13-6-11(7-17-15(13)20-19-9)18-14(21)8-22-12-4-2-10(16)3-5-12/h2-7H,8H2,1H3,(H,18,21)(H,17,19,20). The van der Waals surface area contributed by atoms with E-state index in [9.17, 15) is 9.18 Å². The number of nitrogens with one attached hydrogen (secondary N) is 2. The van der Waals surface area contributed by atoms with Gasteiger partial charge >= 0.3 is 0 Å². The number of aromatic amines is 1. The van der Waals surface area contributed by atoms with Crippen LogP contribution in [0.15, 0.2) is 36.5 Å². The molecule has 6 nitrogen and oxygen atoms in total. The summed E-state index contributed by atoms with van der Waals surface area (Å²) in [5.74, 6) is -0.255. The monoisotopic (exact) mass is 300 g/mol. The number of hydrogen-bond acceptors (Lipinski definition) is 4. The minimum absolute atomic E-state index is 0.173. The molecule has 112 valence electrons. The molecule has 2 heterocycles. The van der Waals surface area contributed by atoms with Crippen LogP contribution >= 0.6 is 0 Å². The summed E-state index contributed by atoms with van der Waals surface area (Å²) in [4.78, 5) is 16.0. The topological polar surface area (TPSA) is 79.9 Å². The molecule has 1 amide bonds. The van der Waals surface area contributed by atoms with Crippen molar-refractivity contribution in [2.75, 3.05) is 11.9 Å². The van der Waals surface area contributed by atoms with Crippen LogP contribution in [0.25, 0.3) is 11.0 Å². The number of ether oxygens (including phenoxy) is 1. The van der Waals surface area contributed by atoms with Crippen LogP contribution in [-0.2, 0) is 4.79 Å². The van der Waals surface area contributed by atoms with E-state index in [2.05, 4.69) is 20.5 Å². The molecule has 0 aliphatic heterocycles. The highest BCUT2D eigenvalue weighted by Gasteiger charge is 2.07. The second-order valence-electron chi connectivity index (χ2n) is 4.73. The Bertz CT molecular complexity index is 814. The van der Waals surface area contributed by atoms with Gasteiger partial charge in [-0.15, -0.1) is 0 Å². The predicted octanol–water partition coefficient (Wildman–Crippen LogP) is 2.42. The highest BCUT2D eigenvalue weighted by atomic mass is 19.1. The van der Waals surface area contributed by atoms with E-state index in [1.54, 1.807) is 6.07 Å². The summed E-state index contributed by atoms with van der Waals surface area (Å²) in [6.07, 6.45) is 1.53. The van der Waals surface area contributed by atoms with E-state index in [0.717, 1.165) is 11.1 Å². The summed E-state index contributed by atoms with van der Waals surface area (Å²) in [7, 11) is 0. The Morgan fingerprint density at radius 1 is 1.36 bits per heavy atom. The smallest absolute Gasteiger partial charge is 0.262 e. The molecule has 0 unspecified atom stereocenters. The van der Waals surface area contributed by atoms with Gasteiger partial charge in [0.05, 0.1) is 11.9 Å². The fourth-order valence-corrected chi connectivity index (χ4v) is 1.96. The lowest BCUT2D eigenvalue weighted by atomic mass is 10.2. The Kier molecular flexibility index (Phi) is 3.69. The van der Waals surface area contributed by atoms with Gasteiger partial charge in [-0.3, -0.25) is 9.89 Å². The minimum atomic E-state index is -0.355. The lowest BCUT2D eigenvalue weighted by molar-refractivity contribution is -0.118. The third-order valence-corrected chi connectivity index (χ3v) is 3.07. The number of hydrogen-bond donors (Lipinski definition) is 2. The summed E-state index contributed by atoms with van der Waals surface area (Å²) in [5.41, 5.74) is 2.03. The molecule has 0 aliphatic carbocycles. The van der Waals surface area contributed by atoms with E-state index in [4.69, 9.17) is 4.74 Å². The second kappa shape index (κ2) is 5.80. The van der Waals surface area contributed by atoms with Crippen LogP contribution in [0.2, 0.25) is 0 Å². The van der Waals surface area contributed by atoms with Crippen molar-refractivity contribution in [3.05, 3.63) is 48.0 Å². The summed E-state index contributed by atoms with van der Waals surface area (Å²) >= 11 is 0. The Hall–Kier alpha value is -2.96. The van der Waals surface area contributed by atoms with Gasteiger partial charge in [-0.1, -0.05) is 0 Å². The van der Waals surface area contributed by atoms with E-state index in [-0.39, 0.29) is 18.3 Å². The number of benzene rings is 1. The second-order valence-corrected chi connectivity index (χ2v) is 4.73. The molecule has 0 bridgehead atoms. The van der Waals surface area contributed by atoms with Gasteiger partial charge in [0.25, 0.3) is 5.91 Å². The molecule has 0 saturated heterocycles. The predicted molar refractivity (Wildman–Crippen MR) is 79.2 cm³/mol. The number of H-pyrrole nitrogens is 1. The average molecular weight is 300 g/mol. The first-order valence-electron chi connectivity index (χ1n) is 6.61. The highest BCUT2D eigenvalue weighted by Crippen LogP contribution is 2.17. The molecular formula is C15H13FN4O2. The zero-order valence-electron chi connectivity index (χ0n) is 11.8. The number of rotatable bonds is 4. The first-order valence-corrected chi connectivity index (χ1v) is 6.61. The summed E-state index contributed by atoms with van der Waals surface area (Å²) in [6.45, 7) is 1.70. The molecule has 0 radical (unpaired) electrons. The van der Waals surface area contributed by atoms with Crippen LogP contribution in [-0.4, -0.2) is 27.7 Å². The van der Waals surface area contributed by atoms with Gasteiger partial charge < -0.3 is 10.1 Å². The molecule has 0 fully saturated rings. The third-order valence-electron chi connectivity index (χ3n) is 3.07. The van der Waals surface area contributed by atoms with Crippen molar-refractivity contribution in [2.45, 2.75) is 6.92 Å². The maximum absolute atomic E-state index is 12.8. The molecule has 2 N–H and O–H groups in total. The molecular weight excluding hydrogens is 287 g/mol. The zero-order valence-corrected chi connectivity index (χ0v) is 11.8. The van der Waals surface area contributed by atoms with Crippen molar-refractivity contribution < 1.29 is 13.9 Å². The Balaban J connectivity index is 1.62. The van der Waals surface area contributed by atoms with Crippen molar-refractivity contribution >= 4 is 22.6 Å². The van der Waals surface area contributed by atoms with E-state index >= 15 is 0 Å². The maximum atomic E-state index is 12.8. The molecule has 7 heteroatoms. The molecule has 3 rings (SSSR count). The lowest BCUT2D eigenvalue weighted by Crippen LogP contribution is -2.20. The molecule has 0 aliphatic rings. The van der Waals surface area contributed by atoms with Crippen molar-refractivity contribution in [1.29, 1.82) is 0 Å². The third kappa shape index (κ3) is 3.03. The fraction of sp³-hybridized carbons (Fsp3) is 0.133. The molecule has 22 heavy (non-hydrogen) atoms. The van der Waals surface area contributed by atoms with Crippen LogP contribution < -0.4 is 10.1 Å². The molecule has 2 aromatic heterocycles. The number of anilines is 1. The van der Waals surface area contributed by atoms with Crippen molar-refractivity contribution in [3.63, 3.8) is 0 Å². The van der Waals surface area contributed by atoms with Crippen LogP contribution in [0, 0.1) is 12.7 Å². The van der Waals surface area contributed by atoms with E-state index < -0.39 is 0 Å². The zero-order chi connectivity index (χ0) is 15.5. The fourth-order valence-electron chi connectivity index (χ4n) is 1.96. The van der Waals surface area contributed by atoms with E-state index in [1.165, 1.54) is 30.5 Å². The van der Waals surface area contributed by atoms with Gasteiger partial charge in [-0.2, -0.15) is 5.10 Å². The first-order chi connectivity index (χ1) is 10.6. The van der Waals surface area contributed by atoms with Crippen LogP contribution in [0.3, 0.4) is 0 Å². The number of carbonyl (C=O) groups is 1. The Labute approximate surface area is 125 Å². The highest BCUT2D eigenvalue weighted by molar-refractivity contribution is 5.93. The molecule has 3 aromatic rings. The lowest BCUT2D eigenvalue weighted by Gasteiger charge is -2.07. The van der Waals surface area contributed by atoms with Gasteiger partial charge in [-0.05, 0) is 37.3 Å². The van der Waals surface area contributed by atoms with Crippen molar-refractivity contribution in [2.24, 2.45) is 0 Å². The number of fused-ring (bicyclic) bond motifs is 1. The normalized spacial score (nSPS) is 10.6. The summed E-state index contributed by atoms with van der Waals surface area (Å²) in [6, 6.07) is 7.26. The average Bonchev–Trinajstić information content (AvgIpc) is 2.88. The number of aromatic nitrogens is 3. The van der Waals surface area contributed by atoms with E-state index in [1.807, 2.05) is 6.92 Å². The Morgan fingerprint density at radius 3 is 2.91 bits per heavy atom. The van der Waals surface area contributed by atoms with Gasteiger partial charge in [0.2, 0.25) is 0 Å². The summed E-state index contributed by atoms with van der Waals surface area (Å²) in [5, 5.41) is 10.4. The number of carbonyl (C=O) groups excluding carboxylic acids is 1.